The predicted molar refractivity (Wildman–Crippen MR) is 82.4 cm³/mol. The topological polar surface area (TPSA) is 29.1 Å². The van der Waals surface area contributed by atoms with Gasteiger partial charge >= 0.3 is 0 Å². The van der Waals surface area contributed by atoms with Crippen molar-refractivity contribution in [1.82, 2.24) is 0 Å². The van der Waals surface area contributed by atoms with E-state index in [0.29, 0.717) is 15.7 Å². The highest BCUT2D eigenvalue weighted by Gasteiger charge is 2.01. The molecule has 0 aliphatic rings. The second-order valence-electron chi connectivity index (χ2n) is 4.33. The van der Waals surface area contributed by atoms with E-state index in [4.69, 9.17) is 0 Å². The minimum atomic E-state index is -0.317. The monoisotopic (exact) mass is 333 g/mol. The van der Waals surface area contributed by atoms with Gasteiger partial charge in [0.15, 0.2) is 5.78 Å². The number of nitrogens with one attached hydrogen (secondary N) is 1. The molecule has 0 amide bonds. The lowest BCUT2D eigenvalue weighted by Gasteiger charge is -2.03. The maximum atomic E-state index is 12.9. The van der Waals surface area contributed by atoms with Gasteiger partial charge in [-0.05, 0) is 41.1 Å². The molecule has 102 valence electrons. The van der Waals surface area contributed by atoms with Crippen molar-refractivity contribution in [3.63, 3.8) is 0 Å². The zero-order chi connectivity index (χ0) is 14.5. The standard InChI is InChI=1S/C16H13BrFNO/c1-11-2-4-12(5-3-11)16(20)8-9-19-15-7-6-13(18)10-14(15)17/h2-10,19H,1H3/b9-8+. The molecule has 0 unspecified atom stereocenters. The third-order valence-corrected chi connectivity index (χ3v) is 3.40. The maximum Gasteiger partial charge on any atom is 0.187 e. The van der Waals surface area contributed by atoms with Crippen LogP contribution in [-0.4, -0.2) is 5.78 Å². The molecule has 0 aromatic heterocycles. The van der Waals surface area contributed by atoms with Gasteiger partial charge in [-0.3, -0.25) is 4.79 Å². The van der Waals surface area contributed by atoms with E-state index in [1.165, 1.54) is 18.2 Å². The molecule has 0 saturated carbocycles. The summed E-state index contributed by atoms with van der Waals surface area (Å²) in [5, 5.41) is 2.94. The zero-order valence-corrected chi connectivity index (χ0v) is 12.4. The number of anilines is 1. The van der Waals surface area contributed by atoms with Crippen molar-refractivity contribution in [3.8, 4) is 0 Å². The number of carbonyl (C=O) groups excluding carboxylic acids is 1. The summed E-state index contributed by atoms with van der Waals surface area (Å²) < 4.78 is 13.5. The summed E-state index contributed by atoms with van der Waals surface area (Å²) in [6, 6.07) is 11.7. The molecule has 0 heterocycles. The van der Waals surface area contributed by atoms with Gasteiger partial charge in [0.1, 0.15) is 5.82 Å². The van der Waals surface area contributed by atoms with E-state index in [2.05, 4.69) is 21.2 Å². The Morgan fingerprint density at radius 3 is 2.55 bits per heavy atom. The van der Waals surface area contributed by atoms with Gasteiger partial charge in [0.05, 0.1) is 5.69 Å². The first-order chi connectivity index (χ1) is 9.56. The van der Waals surface area contributed by atoms with Crippen LogP contribution in [-0.2, 0) is 0 Å². The van der Waals surface area contributed by atoms with Gasteiger partial charge < -0.3 is 5.32 Å². The Bertz CT molecular complexity index is 650. The molecule has 0 saturated heterocycles. The third-order valence-electron chi connectivity index (χ3n) is 2.74. The molecular weight excluding hydrogens is 321 g/mol. The molecule has 1 N–H and O–H groups in total. The Hall–Kier alpha value is -1.94. The predicted octanol–water partition coefficient (Wildman–Crippen LogP) is 4.71. The minimum Gasteiger partial charge on any atom is -0.361 e. The van der Waals surface area contributed by atoms with Gasteiger partial charge in [0.2, 0.25) is 0 Å². The summed E-state index contributed by atoms with van der Waals surface area (Å²) in [6.45, 7) is 1.97. The van der Waals surface area contributed by atoms with Gasteiger partial charge in [-0.25, -0.2) is 4.39 Å². The third kappa shape index (κ3) is 3.78. The van der Waals surface area contributed by atoms with Gasteiger partial charge in [-0.15, -0.1) is 0 Å². The van der Waals surface area contributed by atoms with Crippen LogP contribution in [0.1, 0.15) is 15.9 Å². The fraction of sp³-hybridized carbons (Fsp3) is 0.0625. The van der Waals surface area contributed by atoms with E-state index < -0.39 is 0 Å². The molecule has 2 aromatic carbocycles. The number of hydrogen-bond donors (Lipinski definition) is 1. The quantitative estimate of drug-likeness (QED) is 0.648. The Kier molecular flexibility index (Phi) is 4.69. The first kappa shape index (κ1) is 14.5. The molecule has 0 aliphatic heterocycles. The number of ketones is 1. The van der Waals surface area contributed by atoms with Gasteiger partial charge in [-0.1, -0.05) is 29.8 Å². The van der Waals surface area contributed by atoms with Crippen LogP contribution in [0, 0.1) is 12.7 Å². The molecule has 0 atom stereocenters. The molecule has 0 spiro atoms. The van der Waals surface area contributed by atoms with Crippen LogP contribution in [0.4, 0.5) is 10.1 Å². The average molecular weight is 334 g/mol. The fourth-order valence-electron chi connectivity index (χ4n) is 1.63. The van der Waals surface area contributed by atoms with Gasteiger partial charge in [-0.2, -0.15) is 0 Å². The summed E-state index contributed by atoms with van der Waals surface area (Å²) in [7, 11) is 0. The number of rotatable bonds is 4. The zero-order valence-electron chi connectivity index (χ0n) is 10.9. The van der Waals surface area contributed by atoms with Gasteiger partial charge in [0, 0.05) is 22.3 Å². The normalized spacial score (nSPS) is 10.8. The van der Waals surface area contributed by atoms with Crippen molar-refractivity contribution in [2.24, 2.45) is 0 Å². The Balaban J connectivity index is 2.02. The van der Waals surface area contributed by atoms with Crippen molar-refractivity contribution in [2.75, 3.05) is 5.32 Å². The average Bonchev–Trinajstić information content (AvgIpc) is 2.42. The van der Waals surface area contributed by atoms with Crippen LogP contribution in [0.25, 0.3) is 0 Å². The first-order valence-electron chi connectivity index (χ1n) is 6.05. The smallest absolute Gasteiger partial charge is 0.187 e. The number of benzene rings is 2. The van der Waals surface area contributed by atoms with Crippen LogP contribution >= 0.6 is 15.9 Å². The maximum absolute atomic E-state index is 12.9. The molecule has 2 nitrogen and oxygen atoms in total. The summed E-state index contributed by atoms with van der Waals surface area (Å²) in [5.41, 5.74) is 2.44. The highest BCUT2D eigenvalue weighted by atomic mass is 79.9. The second-order valence-corrected chi connectivity index (χ2v) is 5.19. The van der Waals surface area contributed by atoms with Crippen molar-refractivity contribution in [1.29, 1.82) is 0 Å². The van der Waals surface area contributed by atoms with Crippen molar-refractivity contribution in [3.05, 3.63) is 76.2 Å². The summed E-state index contributed by atoms with van der Waals surface area (Å²) in [5.74, 6) is -0.405. The SMILES string of the molecule is Cc1ccc(C(=O)/C=C/Nc2ccc(F)cc2Br)cc1. The Labute approximate surface area is 125 Å². The number of halogens is 2. The Morgan fingerprint density at radius 1 is 1.20 bits per heavy atom. The van der Waals surface area contributed by atoms with Crippen LogP contribution in [0.5, 0.6) is 0 Å². The van der Waals surface area contributed by atoms with E-state index in [9.17, 15) is 9.18 Å². The lowest BCUT2D eigenvalue weighted by molar-refractivity contribution is 0.104. The van der Waals surface area contributed by atoms with Gasteiger partial charge in [0.25, 0.3) is 0 Å². The van der Waals surface area contributed by atoms with E-state index in [-0.39, 0.29) is 11.6 Å². The van der Waals surface area contributed by atoms with E-state index in [0.717, 1.165) is 5.56 Å². The number of allylic oxidation sites excluding steroid dienone is 1. The van der Waals surface area contributed by atoms with Crippen LogP contribution in [0.3, 0.4) is 0 Å². The summed E-state index contributed by atoms with van der Waals surface area (Å²) >= 11 is 3.25. The minimum absolute atomic E-state index is 0.0873. The number of hydrogen-bond acceptors (Lipinski definition) is 2. The molecule has 0 fully saturated rings. The van der Waals surface area contributed by atoms with Crippen LogP contribution in [0.2, 0.25) is 0 Å². The molecule has 2 rings (SSSR count). The molecule has 0 bridgehead atoms. The second kappa shape index (κ2) is 6.48. The summed E-state index contributed by atoms with van der Waals surface area (Å²) in [6.07, 6.45) is 2.99. The van der Waals surface area contributed by atoms with Crippen LogP contribution < -0.4 is 5.32 Å². The van der Waals surface area contributed by atoms with E-state index in [1.54, 1.807) is 24.4 Å². The molecule has 20 heavy (non-hydrogen) atoms. The largest absolute Gasteiger partial charge is 0.361 e. The molecular formula is C16H13BrFNO. The Morgan fingerprint density at radius 2 is 1.90 bits per heavy atom. The lowest BCUT2D eigenvalue weighted by atomic mass is 10.1. The highest BCUT2D eigenvalue weighted by Crippen LogP contribution is 2.22. The van der Waals surface area contributed by atoms with Crippen molar-refractivity contribution < 1.29 is 9.18 Å². The first-order valence-corrected chi connectivity index (χ1v) is 6.85. The van der Waals surface area contributed by atoms with Crippen molar-refractivity contribution >= 4 is 27.4 Å². The molecule has 0 aliphatic carbocycles. The number of carbonyl (C=O) groups is 1. The van der Waals surface area contributed by atoms with Crippen molar-refractivity contribution in [2.45, 2.75) is 6.92 Å². The fourth-order valence-corrected chi connectivity index (χ4v) is 2.09. The molecule has 4 heteroatoms. The van der Waals surface area contributed by atoms with E-state index >= 15 is 0 Å². The molecule has 0 radical (unpaired) electrons. The van der Waals surface area contributed by atoms with E-state index in [1.807, 2.05) is 19.1 Å². The van der Waals surface area contributed by atoms with Crippen LogP contribution in [0.15, 0.2) is 59.2 Å². The highest BCUT2D eigenvalue weighted by molar-refractivity contribution is 9.10. The number of aryl methyl sites for hydroxylation is 1. The summed E-state index contributed by atoms with van der Waals surface area (Å²) in [4.78, 5) is 11.9. The lowest BCUT2D eigenvalue weighted by Crippen LogP contribution is -1.96. The molecule has 2 aromatic rings.